The van der Waals surface area contributed by atoms with Gasteiger partial charge in [-0.3, -0.25) is 10.1 Å². The van der Waals surface area contributed by atoms with E-state index >= 15 is 0 Å². The summed E-state index contributed by atoms with van der Waals surface area (Å²) < 4.78 is 38.3. The van der Waals surface area contributed by atoms with E-state index in [4.69, 9.17) is 9.47 Å². The van der Waals surface area contributed by atoms with Crippen molar-refractivity contribution in [2.45, 2.75) is 23.9 Å². The first-order valence-corrected chi connectivity index (χ1v) is 14.4. The largest absolute Gasteiger partial charge is 0.490 e. The van der Waals surface area contributed by atoms with Gasteiger partial charge in [0.05, 0.1) is 13.2 Å². The fourth-order valence-electron chi connectivity index (χ4n) is 2.84. The Balaban J connectivity index is 1.67. The predicted molar refractivity (Wildman–Crippen MR) is 140 cm³/mol. The highest BCUT2D eigenvalue weighted by Crippen LogP contribution is 2.30. The molecule has 0 aliphatic heterocycles. The summed E-state index contributed by atoms with van der Waals surface area (Å²) in [6, 6.07) is 15.3. The van der Waals surface area contributed by atoms with Gasteiger partial charge in [-0.25, -0.2) is 8.42 Å². The molecule has 188 valence electrons. The summed E-state index contributed by atoms with van der Waals surface area (Å²) >= 11 is 2.40. The number of sulfone groups is 1. The molecule has 0 spiro atoms. The Morgan fingerprint density at radius 2 is 1.94 bits per heavy atom. The number of nitrogens with one attached hydrogen (secondary N) is 1. The number of nitrogens with zero attached hydrogens (tertiary/aromatic N) is 3. The number of hydrogen-bond donors (Lipinski definition) is 1. The van der Waals surface area contributed by atoms with Crippen molar-refractivity contribution in [2.75, 3.05) is 30.5 Å². The van der Waals surface area contributed by atoms with Crippen LogP contribution in [0.5, 0.6) is 11.5 Å². The van der Waals surface area contributed by atoms with Gasteiger partial charge in [0.1, 0.15) is 11.6 Å². The Morgan fingerprint density at radius 3 is 2.58 bits per heavy atom. The Bertz CT molecular complexity index is 1390. The molecule has 0 fully saturated rings. The van der Waals surface area contributed by atoms with Gasteiger partial charge in [0.2, 0.25) is 15.0 Å². The average molecular weight is 545 g/mol. The second-order valence-corrected chi connectivity index (χ2v) is 11.3. The van der Waals surface area contributed by atoms with E-state index in [0.29, 0.717) is 41.8 Å². The van der Waals surface area contributed by atoms with Crippen molar-refractivity contribution in [2.24, 2.45) is 0 Å². The molecule has 1 N–H and O–H groups in total. The van der Waals surface area contributed by atoms with Gasteiger partial charge in [-0.05, 0) is 49.8 Å². The van der Waals surface area contributed by atoms with Crippen molar-refractivity contribution in [1.82, 2.24) is 9.36 Å². The van der Waals surface area contributed by atoms with Crippen molar-refractivity contribution in [3.8, 4) is 17.6 Å². The van der Waals surface area contributed by atoms with Gasteiger partial charge in [0.15, 0.2) is 11.5 Å². The van der Waals surface area contributed by atoms with E-state index in [2.05, 4.69) is 38.9 Å². The number of ether oxygens (including phenoxy) is 2. The van der Waals surface area contributed by atoms with E-state index in [1.165, 1.54) is 11.6 Å². The van der Waals surface area contributed by atoms with E-state index in [1.807, 2.05) is 19.9 Å². The maximum atomic E-state index is 12.5. The maximum absolute atomic E-state index is 12.5. The highest BCUT2D eigenvalue weighted by atomic mass is 32.2. The molecule has 0 aliphatic carbocycles. The Hall–Kier alpha value is -3.40. The molecule has 1 heterocycles. The zero-order valence-corrected chi connectivity index (χ0v) is 22.3. The van der Waals surface area contributed by atoms with Crippen molar-refractivity contribution >= 4 is 50.2 Å². The summed E-state index contributed by atoms with van der Waals surface area (Å²) in [7, 11) is -3.60. The second kappa shape index (κ2) is 12.5. The predicted octanol–water partition coefficient (Wildman–Crippen LogP) is 4.37. The summed E-state index contributed by atoms with van der Waals surface area (Å²) in [4.78, 5) is 17.5. The van der Waals surface area contributed by atoms with Gasteiger partial charge in [-0.15, -0.1) is 11.8 Å². The third-order valence-corrected chi connectivity index (χ3v) is 7.10. The van der Waals surface area contributed by atoms with Gasteiger partial charge < -0.3 is 9.47 Å². The number of rotatable bonds is 11. The average Bonchev–Trinajstić information content (AvgIpc) is 3.31. The molecule has 0 radical (unpaired) electrons. The van der Waals surface area contributed by atoms with Gasteiger partial charge >= 0.3 is 0 Å². The normalized spacial score (nSPS) is 11.6. The molecule has 36 heavy (non-hydrogen) atoms. The number of nitriles is 1. The zero-order chi connectivity index (χ0) is 26.1. The number of carbonyl (C=O) groups excluding carboxylic acids is 1. The number of hydrogen-bond acceptors (Lipinski definition) is 10. The van der Waals surface area contributed by atoms with Gasteiger partial charge in [0, 0.05) is 28.4 Å². The molecule has 0 aliphatic rings. The number of benzene rings is 2. The molecular formula is C24H24N4O5S3. The van der Waals surface area contributed by atoms with Crippen molar-refractivity contribution < 1.29 is 22.7 Å². The zero-order valence-electron chi connectivity index (χ0n) is 19.8. The fraction of sp³-hybridized carbons (Fsp3) is 0.250. The number of aromatic nitrogens is 2. The third-order valence-electron chi connectivity index (χ3n) is 4.53. The second-order valence-electron chi connectivity index (χ2n) is 7.43. The number of thioether (sulfide) groups is 1. The summed E-state index contributed by atoms with van der Waals surface area (Å²) in [6.07, 6.45) is 2.36. The molecule has 0 bridgehead atoms. The number of carbonyl (C=O) groups is 1. The molecule has 0 unspecified atom stereocenters. The van der Waals surface area contributed by atoms with Crippen molar-refractivity contribution in [3.05, 3.63) is 59.2 Å². The number of aryl methyl sites for hydroxylation is 1. The van der Waals surface area contributed by atoms with Crippen molar-refractivity contribution in [3.63, 3.8) is 0 Å². The molecule has 0 atom stereocenters. The van der Waals surface area contributed by atoms with Crippen molar-refractivity contribution in [1.29, 1.82) is 5.26 Å². The quantitative estimate of drug-likeness (QED) is 0.162. The maximum Gasteiger partial charge on any atom is 0.268 e. The van der Waals surface area contributed by atoms with Crippen LogP contribution in [0.2, 0.25) is 0 Å². The van der Waals surface area contributed by atoms with Crippen LogP contribution >= 0.6 is 23.3 Å². The molecule has 0 saturated carbocycles. The van der Waals surface area contributed by atoms with Crippen LogP contribution in [0.15, 0.2) is 58.1 Å². The molecule has 1 aromatic heterocycles. The molecule has 9 nitrogen and oxygen atoms in total. The smallest absolute Gasteiger partial charge is 0.268 e. The summed E-state index contributed by atoms with van der Waals surface area (Å²) in [5.41, 5.74) is 1.57. The lowest BCUT2D eigenvalue weighted by atomic mass is 10.1. The monoisotopic (exact) mass is 544 g/mol. The summed E-state index contributed by atoms with van der Waals surface area (Å²) in [5, 5.41) is 11.5. The van der Waals surface area contributed by atoms with Crippen LogP contribution in [-0.2, 0) is 14.6 Å². The van der Waals surface area contributed by atoms with E-state index in [1.54, 1.807) is 30.0 Å². The van der Waals surface area contributed by atoms with Gasteiger partial charge in [-0.1, -0.05) is 23.8 Å². The fourth-order valence-corrected chi connectivity index (χ4v) is 5.01. The molecule has 2 aromatic carbocycles. The molecule has 12 heteroatoms. The Morgan fingerprint density at radius 1 is 1.19 bits per heavy atom. The lowest BCUT2D eigenvalue weighted by Crippen LogP contribution is -2.13. The first kappa shape index (κ1) is 27.2. The van der Waals surface area contributed by atoms with Crippen LogP contribution in [0, 0.1) is 18.3 Å². The van der Waals surface area contributed by atoms with E-state index in [9.17, 15) is 18.5 Å². The first-order valence-electron chi connectivity index (χ1n) is 10.8. The third kappa shape index (κ3) is 7.81. The number of amides is 1. The van der Waals surface area contributed by atoms with Crippen LogP contribution in [0.1, 0.15) is 18.1 Å². The van der Waals surface area contributed by atoms with Crippen LogP contribution in [0.3, 0.4) is 0 Å². The van der Waals surface area contributed by atoms with Crippen LogP contribution in [-0.4, -0.2) is 48.9 Å². The Labute approximate surface area is 218 Å². The molecule has 3 rings (SSSR count). The van der Waals surface area contributed by atoms with E-state index in [-0.39, 0.29) is 15.9 Å². The van der Waals surface area contributed by atoms with Crippen LogP contribution in [0.25, 0.3) is 6.08 Å². The minimum absolute atomic E-state index is 0.0242. The lowest BCUT2D eigenvalue weighted by molar-refractivity contribution is -0.112. The molecule has 3 aromatic rings. The highest BCUT2D eigenvalue weighted by molar-refractivity contribution is 7.99. The SMILES string of the molecule is CCOc1cc(C=C(C#N)C(=O)Nc2nc(S(C)(=O)=O)ns2)ccc1OCCSc1ccc(C)cc1. The summed E-state index contributed by atoms with van der Waals surface area (Å²) in [6.45, 7) is 4.77. The van der Waals surface area contributed by atoms with Crippen LogP contribution in [0.4, 0.5) is 5.13 Å². The Kier molecular flexibility index (Phi) is 9.46. The standard InChI is InChI=1S/C24H24N4O5S3/c1-4-32-21-14-17(7-10-20(21)33-11-12-34-19-8-5-16(2)6-9-19)13-18(15-25)22(29)26-23-27-24(28-35-23)36(3,30)31/h5-10,13-14H,4,11-12H2,1-3H3,(H,26,27,28,29). The summed E-state index contributed by atoms with van der Waals surface area (Å²) in [5.74, 6) is 1.07. The first-order chi connectivity index (χ1) is 17.2. The van der Waals surface area contributed by atoms with Gasteiger partial charge in [0.25, 0.3) is 11.1 Å². The molecule has 1 amide bonds. The molecule has 0 saturated heterocycles. The minimum Gasteiger partial charge on any atom is -0.490 e. The van der Waals surface area contributed by atoms with E-state index < -0.39 is 15.7 Å². The minimum atomic E-state index is -3.60. The lowest BCUT2D eigenvalue weighted by Gasteiger charge is -2.13. The topological polar surface area (TPSA) is 131 Å². The highest BCUT2D eigenvalue weighted by Gasteiger charge is 2.18. The van der Waals surface area contributed by atoms with E-state index in [0.717, 1.165) is 16.9 Å². The van der Waals surface area contributed by atoms with Gasteiger partial charge in [-0.2, -0.15) is 14.6 Å². The number of anilines is 1. The van der Waals surface area contributed by atoms with Crippen LogP contribution < -0.4 is 14.8 Å². The molecular weight excluding hydrogens is 520 g/mol.